The standard InChI is InChI=1S/C52H48N2/c1-33-20-35-16-18-51(29-33,31-35)42-12-14-49-46(27-42)47-28-43(52-19-17-36(32-52)21-34(2)30-52)13-15-50(47)54(49)44-23-40(37-8-4-3-5-9-37)22-41(24-44)45-25-38-10-6-7-11-39(38)26-48(45)53/h3-17,22-28,33-34H,18-21,29-32,53H2,1-2H3. The first-order valence-electron chi connectivity index (χ1n) is 20.3. The van der Waals surface area contributed by atoms with E-state index in [1.54, 1.807) is 11.1 Å². The fourth-order valence-corrected chi connectivity index (χ4v) is 11.7. The normalized spacial score (nSPS) is 24.7. The smallest absolute Gasteiger partial charge is 0.0541 e. The molecule has 4 atom stereocenters. The summed E-state index contributed by atoms with van der Waals surface area (Å²) in [6, 6.07) is 45.9. The molecule has 2 heteroatoms. The highest BCUT2D eigenvalue weighted by Gasteiger charge is 2.43. The van der Waals surface area contributed by atoms with Gasteiger partial charge in [0.1, 0.15) is 0 Å². The molecule has 0 radical (unpaired) electrons. The van der Waals surface area contributed by atoms with Gasteiger partial charge in [0.15, 0.2) is 0 Å². The van der Waals surface area contributed by atoms with Gasteiger partial charge in [-0.2, -0.15) is 0 Å². The largest absolute Gasteiger partial charge is 0.398 e. The van der Waals surface area contributed by atoms with Crippen molar-refractivity contribution in [2.45, 2.75) is 76.0 Å². The van der Waals surface area contributed by atoms with Gasteiger partial charge in [-0.1, -0.05) is 104 Å². The summed E-state index contributed by atoms with van der Waals surface area (Å²) in [4.78, 5) is 0. The molecular formula is C52H48N2. The Morgan fingerprint density at radius 1 is 0.556 bits per heavy atom. The number of nitrogens with two attached hydrogens (primary N) is 1. The third kappa shape index (κ3) is 4.99. The highest BCUT2D eigenvalue weighted by Crippen LogP contribution is 2.54. The highest BCUT2D eigenvalue weighted by atomic mass is 15.0. The van der Waals surface area contributed by atoms with Crippen LogP contribution in [0.1, 0.15) is 76.3 Å². The zero-order valence-electron chi connectivity index (χ0n) is 31.5. The Bertz CT molecular complexity index is 2620. The zero-order valence-corrected chi connectivity index (χ0v) is 31.5. The van der Waals surface area contributed by atoms with Crippen molar-refractivity contribution < 1.29 is 0 Å². The van der Waals surface area contributed by atoms with Crippen molar-refractivity contribution in [2.75, 3.05) is 5.73 Å². The number of rotatable bonds is 5. The lowest BCUT2D eigenvalue weighted by molar-refractivity contribution is 0.304. The minimum Gasteiger partial charge on any atom is -0.398 e. The Kier molecular flexibility index (Phi) is 7.04. The number of fused-ring (bicyclic) bond motifs is 8. The van der Waals surface area contributed by atoms with Crippen molar-refractivity contribution in [3.63, 3.8) is 0 Å². The molecule has 7 aromatic rings. The summed E-state index contributed by atoms with van der Waals surface area (Å²) in [7, 11) is 0. The van der Waals surface area contributed by atoms with Gasteiger partial charge in [-0.25, -0.2) is 0 Å². The van der Waals surface area contributed by atoms with E-state index in [0.29, 0.717) is 0 Å². The number of anilines is 1. The first-order chi connectivity index (χ1) is 26.3. The van der Waals surface area contributed by atoms with Crippen molar-refractivity contribution in [1.29, 1.82) is 0 Å². The molecular weight excluding hydrogens is 653 g/mol. The molecule has 1 heterocycles. The van der Waals surface area contributed by atoms with Crippen molar-refractivity contribution in [3.05, 3.63) is 156 Å². The number of benzene rings is 6. The Morgan fingerprint density at radius 2 is 1.11 bits per heavy atom. The molecule has 0 saturated heterocycles. The van der Waals surface area contributed by atoms with E-state index in [0.717, 1.165) is 28.7 Å². The van der Waals surface area contributed by atoms with Gasteiger partial charge >= 0.3 is 0 Å². The minimum atomic E-state index is 0.225. The molecule has 266 valence electrons. The molecule has 4 bridgehead atoms. The second-order valence-corrected chi connectivity index (χ2v) is 17.8. The molecule has 2 fully saturated rings. The number of nitrogens with zero attached hydrogens (tertiary/aromatic N) is 1. The fourth-order valence-electron chi connectivity index (χ4n) is 11.7. The summed E-state index contributed by atoms with van der Waals surface area (Å²) in [5.41, 5.74) is 22.9. The Labute approximate surface area is 319 Å². The lowest BCUT2D eigenvalue weighted by Crippen LogP contribution is -2.29. The number of aromatic nitrogens is 1. The van der Waals surface area contributed by atoms with E-state index in [9.17, 15) is 0 Å². The van der Waals surface area contributed by atoms with Crippen LogP contribution < -0.4 is 5.73 Å². The first kappa shape index (κ1) is 32.1. The van der Waals surface area contributed by atoms with Crippen LogP contribution in [0.4, 0.5) is 5.69 Å². The zero-order chi connectivity index (χ0) is 36.2. The van der Waals surface area contributed by atoms with Crippen molar-refractivity contribution >= 4 is 38.3 Å². The highest BCUT2D eigenvalue weighted by molar-refractivity contribution is 6.10. The molecule has 2 saturated carbocycles. The van der Waals surface area contributed by atoms with Gasteiger partial charge in [-0.3, -0.25) is 0 Å². The fraction of sp³-hybridized carbons (Fsp3) is 0.269. The molecule has 0 aliphatic heterocycles. The number of hydrogen-bond acceptors (Lipinski definition) is 1. The van der Waals surface area contributed by atoms with Crippen LogP contribution in [-0.2, 0) is 10.8 Å². The number of nitrogen functional groups attached to an aromatic ring is 1. The summed E-state index contributed by atoms with van der Waals surface area (Å²) in [6.45, 7) is 4.91. The first-order valence-corrected chi connectivity index (χ1v) is 20.3. The van der Waals surface area contributed by atoms with Crippen LogP contribution in [0.25, 0.3) is 60.5 Å². The van der Waals surface area contributed by atoms with Gasteiger partial charge in [-0.15, -0.1) is 0 Å². The summed E-state index contributed by atoms with van der Waals surface area (Å²) >= 11 is 0. The summed E-state index contributed by atoms with van der Waals surface area (Å²) in [5.74, 6) is 1.46. The van der Waals surface area contributed by atoms with E-state index < -0.39 is 0 Å². The summed E-state index contributed by atoms with van der Waals surface area (Å²) < 4.78 is 2.55. The quantitative estimate of drug-likeness (QED) is 0.141. The molecule has 0 amide bonds. The molecule has 4 unspecified atom stereocenters. The average Bonchev–Trinajstić information content (AvgIpc) is 3.81. The SMILES string of the molecule is CC1CC2=CCC(c3ccc4c(c3)c3cc(C56CC=C(CC(C)C5)C6)ccc3n4-c3cc(-c4ccccc4)cc(-c4cc5ccccc5cc4N)c3)(C2)C1. The van der Waals surface area contributed by atoms with E-state index in [-0.39, 0.29) is 10.8 Å². The van der Waals surface area contributed by atoms with E-state index in [4.69, 9.17) is 5.73 Å². The van der Waals surface area contributed by atoms with Crippen LogP contribution in [0.5, 0.6) is 0 Å². The lowest BCUT2D eigenvalue weighted by atomic mass is 9.67. The van der Waals surface area contributed by atoms with Crippen LogP contribution in [-0.4, -0.2) is 4.57 Å². The number of allylic oxidation sites excluding steroid dienone is 4. The van der Waals surface area contributed by atoms with E-state index in [1.165, 1.54) is 112 Å². The predicted molar refractivity (Wildman–Crippen MR) is 228 cm³/mol. The van der Waals surface area contributed by atoms with Crippen molar-refractivity contribution in [3.8, 4) is 27.9 Å². The molecule has 2 nitrogen and oxygen atoms in total. The van der Waals surface area contributed by atoms with E-state index in [2.05, 4.69) is 152 Å². The van der Waals surface area contributed by atoms with Crippen LogP contribution in [0.3, 0.4) is 0 Å². The molecule has 4 aliphatic carbocycles. The summed E-state index contributed by atoms with van der Waals surface area (Å²) in [5, 5.41) is 5.13. The second kappa shape index (κ2) is 11.8. The van der Waals surface area contributed by atoms with Gasteiger partial charge < -0.3 is 10.3 Å². The van der Waals surface area contributed by atoms with Crippen molar-refractivity contribution in [2.24, 2.45) is 11.8 Å². The third-order valence-corrected chi connectivity index (χ3v) is 13.9. The van der Waals surface area contributed by atoms with Crippen LogP contribution in [0, 0.1) is 11.8 Å². The maximum atomic E-state index is 6.89. The van der Waals surface area contributed by atoms with Gasteiger partial charge in [-0.05, 0) is 156 Å². The second-order valence-electron chi connectivity index (χ2n) is 17.8. The Balaban J connectivity index is 1.16. The lowest BCUT2D eigenvalue weighted by Gasteiger charge is -2.37. The molecule has 11 rings (SSSR count). The third-order valence-electron chi connectivity index (χ3n) is 13.9. The van der Waals surface area contributed by atoms with Gasteiger partial charge in [0.05, 0.1) is 11.0 Å². The molecule has 1 aromatic heterocycles. The van der Waals surface area contributed by atoms with Crippen LogP contribution in [0.2, 0.25) is 0 Å². The van der Waals surface area contributed by atoms with Gasteiger partial charge in [0, 0.05) is 38.5 Å². The average molecular weight is 701 g/mol. The molecule has 0 spiro atoms. The van der Waals surface area contributed by atoms with Crippen molar-refractivity contribution in [1.82, 2.24) is 4.57 Å². The molecule has 54 heavy (non-hydrogen) atoms. The number of hydrogen-bond donors (Lipinski definition) is 1. The topological polar surface area (TPSA) is 30.9 Å². The minimum absolute atomic E-state index is 0.225. The summed E-state index contributed by atoms with van der Waals surface area (Å²) in [6.07, 6.45) is 15.0. The van der Waals surface area contributed by atoms with E-state index in [1.807, 2.05) is 0 Å². The molecule has 6 aromatic carbocycles. The Hall–Kier alpha value is -5.34. The van der Waals surface area contributed by atoms with Crippen LogP contribution in [0.15, 0.2) is 145 Å². The monoisotopic (exact) mass is 700 g/mol. The van der Waals surface area contributed by atoms with E-state index >= 15 is 0 Å². The van der Waals surface area contributed by atoms with Crippen LogP contribution >= 0.6 is 0 Å². The van der Waals surface area contributed by atoms with Gasteiger partial charge in [0.2, 0.25) is 0 Å². The maximum absolute atomic E-state index is 6.89. The predicted octanol–water partition coefficient (Wildman–Crippen LogP) is 13.6. The van der Waals surface area contributed by atoms with Gasteiger partial charge in [0.25, 0.3) is 0 Å². The molecule has 2 N–H and O–H groups in total. The maximum Gasteiger partial charge on any atom is 0.0541 e. The Morgan fingerprint density at radius 3 is 1.72 bits per heavy atom. The molecule has 4 aliphatic rings.